The molecule has 1 aliphatic rings. The summed E-state index contributed by atoms with van der Waals surface area (Å²) in [5.74, 6) is 2.49. The van der Waals surface area contributed by atoms with E-state index in [9.17, 15) is 4.79 Å². The maximum atomic E-state index is 11.9. The van der Waals surface area contributed by atoms with E-state index in [1.807, 2.05) is 0 Å². The molecule has 0 aromatic rings. The fraction of sp³-hybridized carbons (Fsp3) is 0.615. The molecule has 1 unspecified atom stereocenters. The van der Waals surface area contributed by atoms with Gasteiger partial charge < -0.3 is 5.73 Å². The molecule has 0 aliphatic heterocycles. The Kier molecular flexibility index (Phi) is 5.14. The number of Topliss-reactive ketones (excluding diaryl/α,β-unsaturated/α-hetero) is 1. The largest absolute Gasteiger partial charge is 0.320 e. The summed E-state index contributed by atoms with van der Waals surface area (Å²) in [5, 5.41) is 0. The highest BCUT2D eigenvalue weighted by Gasteiger charge is 2.17. The van der Waals surface area contributed by atoms with Gasteiger partial charge in [0.25, 0.3) is 0 Å². The lowest BCUT2D eigenvalue weighted by Gasteiger charge is -2.13. The molecule has 0 heterocycles. The molecule has 2 heteroatoms. The van der Waals surface area contributed by atoms with Crippen LogP contribution in [0.5, 0.6) is 0 Å². The molecule has 0 spiro atoms. The fourth-order valence-electron chi connectivity index (χ4n) is 1.87. The molecule has 82 valence electrons. The minimum Gasteiger partial charge on any atom is -0.320 e. The lowest BCUT2D eigenvalue weighted by molar-refractivity contribution is -0.116. The topological polar surface area (TPSA) is 43.1 Å². The van der Waals surface area contributed by atoms with Gasteiger partial charge in [-0.05, 0) is 31.3 Å². The van der Waals surface area contributed by atoms with Gasteiger partial charge in [-0.25, -0.2) is 0 Å². The smallest absolute Gasteiger partial charge is 0.176 e. The third-order valence-electron chi connectivity index (χ3n) is 2.78. The first-order valence-corrected chi connectivity index (χ1v) is 5.68. The standard InChI is InChI=1S/C13H19NO/c1-2-8-12(14)13(15)11-9-6-4-3-5-7-10-11/h1,9,12H,3-8,10,14H2/b11-9+. The quantitative estimate of drug-likeness (QED) is 0.718. The van der Waals surface area contributed by atoms with Crippen LogP contribution in [-0.4, -0.2) is 11.8 Å². The van der Waals surface area contributed by atoms with Crippen LogP contribution < -0.4 is 5.73 Å². The molecule has 1 aliphatic carbocycles. The van der Waals surface area contributed by atoms with Gasteiger partial charge in [-0.1, -0.05) is 18.9 Å². The van der Waals surface area contributed by atoms with Gasteiger partial charge in [-0.2, -0.15) is 0 Å². The maximum absolute atomic E-state index is 11.9. The molecular formula is C13H19NO. The van der Waals surface area contributed by atoms with Crippen LogP contribution >= 0.6 is 0 Å². The fourth-order valence-corrected chi connectivity index (χ4v) is 1.87. The Morgan fingerprint density at radius 3 is 2.93 bits per heavy atom. The highest BCUT2D eigenvalue weighted by atomic mass is 16.1. The predicted octanol–water partition coefficient (Wildman–Crippen LogP) is 2.19. The summed E-state index contributed by atoms with van der Waals surface area (Å²) in [6, 6.07) is -0.499. The van der Waals surface area contributed by atoms with Crippen LogP contribution in [0.2, 0.25) is 0 Å². The van der Waals surface area contributed by atoms with Gasteiger partial charge >= 0.3 is 0 Å². The van der Waals surface area contributed by atoms with E-state index in [1.165, 1.54) is 19.3 Å². The van der Waals surface area contributed by atoms with Gasteiger partial charge in [0.05, 0.1) is 6.04 Å². The second-order valence-electron chi connectivity index (χ2n) is 4.06. The van der Waals surface area contributed by atoms with Crippen LogP contribution in [0.25, 0.3) is 0 Å². The van der Waals surface area contributed by atoms with Crippen molar-refractivity contribution in [3.8, 4) is 12.3 Å². The maximum Gasteiger partial charge on any atom is 0.176 e. The Morgan fingerprint density at radius 1 is 1.47 bits per heavy atom. The van der Waals surface area contributed by atoms with E-state index < -0.39 is 6.04 Å². The molecule has 0 aromatic carbocycles. The van der Waals surface area contributed by atoms with Crippen LogP contribution in [0.15, 0.2) is 11.6 Å². The summed E-state index contributed by atoms with van der Waals surface area (Å²) in [5.41, 5.74) is 6.62. The first-order valence-electron chi connectivity index (χ1n) is 5.68. The van der Waals surface area contributed by atoms with E-state index in [4.69, 9.17) is 12.2 Å². The lowest BCUT2D eigenvalue weighted by atomic mass is 9.93. The number of allylic oxidation sites excluding steroid dienone is 1. The summed E-state index contributed by atoms with van der Waals surface area (Å²) >= 11 is 0. The molecule has 0 radical (unpaired) electrons. The first-order chi connectivity index (χ1) is 7.25. The van der Waals surface area contributed by atoms with E-state index in [1.54, 1.807) is 0 Å². The second kappa shape index (κ2) is 6.42. The second-order valence-corrected chi connectivity index (χ2v) is 4.06. The van der Waals surface area contributed by atoms with Crippen molar-refractivity contribution in [1.82, 2.24) is 0 Å². The summed E-state index contributed by atoms with van der Waals surface area (Å²) < 4.78 is 0. The molecule has 0 amide bonds. The van der Waals surface area contributed by atoms with Crippen molar-refractivity contribution >= 4 is 5.78 Å². The van der Waals surface area contributed by atoms with Gasteiger partial charge in [0.1, 0.15) is 0 Å². The molecule has 0 aromatic heterocycles. The minimum absolute atomic E-state index is 0.0508. The van der Waals surface area contributed by atoms with E-state index in [0.717, 1.165) is 24.8 Å². The number of nitrogens with two attached hydrogens (primary N) is 1. The third kappa shape index (κ3) is 3.89. The molecule has 1 atom stereocenters. The lowest BCUT2D eigenvalue weighted by Crippen LogP contribution is -2.31. The normalized spacial score (nSPS) is 22.8. The summed E-state index contributed by atoms with van der Waals surface area (Å²) in [4.78, 5) is 11.9. The van der Waals surface area contributed by atoms with Crippen molar-refractivity contribution < 1.29 is 4.79 Å². The molecule has 2 N–H and O–H groups in total. The Labute approximate surface area is 91.9 Å². The molecule has 1 rings (SSSR count). The first kappa shape index (κ1) is 12.0. The average molecular weight is 205 g/mol. The molecule has 15 heavy (non-hydrogen) atoms. The number of terminal acetylenes is 1. The number of rotatable bonds is 3. The van der Waals surface area contributed by atoms with Crippen LogP contribution in [0.1, 0.15) is 44.9 Å². The van der Waals surface area contributed by atoms with Crippen molar-refractivity contribution in [2.75, 3.05) is 0 Å². The SMILES string of the molecule is C#CCC(N)C(=O)/C1=C/CCCCCC1. The predicted molar refractivity (Wildman–Crippen MR) is 62.2 cm³/mol. The van der Waals surface area contributed by atoms with Crippen LogP contribution in [0.4, 0.5) is 0 Å². The van der Waals surface area contributed by atoms with Gasteiger partial charge in [-0.15, -0.1) is 12.3 Å². The van der Waals surface area contributed by atoms with Crippen molar-refractivity contribution in [2.24, 2.45) is 5.73 Å². The van der Waals surface area contributed by atoms with E-state index >= 15 is 0 Å². The minimum atomic E-state index is -0.499. The summed E-state index contributed by atoms with van der Waals surface area (Å²) in [6.07, 6.45) is 14.2. The molecular weight excluding hydrogens is 186 g/mol. The van der Waals surface area contributed by atoms with Gasteiger partial charge in [0.15, 0.2) is 5.78 Å². The zero-order chi connectivity index (χ0) is 11.1. The number of hydrogen-bond donors (Lipinski definition) is 1. The van der Waals surface area contributed by atoms with E-state index in [-0.39, 0.29) is 5.78 Å². The third-order valence-corrected chi connectivity index (χ3v) is 2.78. The zero-order valence-corrected chi connectivity index (χ0v) is 9.17. The number of hydrogen-bond acceptors (Lipinski definition) is 2. The number of carbonyl (C=O) groups excluding carboxylic acids is 1. The van der Waals surface area contributed by atoms with Crippen molar-refractivity contribution in [2.45, 2.75) is 51.0 Å². The average Bonchev–Trinajstić information content (AvgIpc) is 2.16. The number of carbonyl (C=O) groups is 1. The van der Waals surface area contributed by atoms with Gasteiger partial charge in [0.2, 0.25) is 0 Å². The van der Waals surface area contributed by atoms with Crippen molar-refractivity contribution in [3.05, 3.63) is 11.6 Å². The highest BCUT2D eigenvalue weighted by Crippen LogP contribution is 2.18. The summed E-state index contributed by atoms with van der Waals surface area (Å²) in [6.45, 7) is 0. The van der Waals surface area contributed by atoms with E-state index in [2.05, 4.69) is 12.0 Å². The Balaban J connectivity index is 2.59. The Hall–Kier alpha value is -1.07. The number of ketones is 1. The molecule has 0 fully saturated rings. The Morgan fingerprint density at radius 2 is 2.20 bits per heavy atom. The molecule has 0 bridgehead atoms. The van der Waals surface area contributed by atoms with Crippen LogP contribution in [0.3, 0.4) is 0 Å². The van der Waals surface area contributed by atoms with Crippen molar-refractivity contribution in [3.63, 3.8) is 0 Å². The van der Waals surface area contributed by atoms with Crippen LogP contribution in [0, 0.1) is 12.3 Å². The highest BCUT2D eigenvalue weighted by molar-refractivity contribution is 5.99. The molecule has 0 saturated carbocycles. The van der Waals surface area contributed by atoms with Gasteiger partial charge in [0, 0.05) is 6.42 Å². The summed E-state index contributed by atoms with van der Waals surface area (Å²) in [7, 11) is 0. The Bertz CT molecular complexity index is 285. The molecule has 2 nitrogen and oxygen atoms in total. The monoisotopic (exact) mass is 205 g/mol. The van der Waals surface area contributed by atoms with Gasteiger partial charge in [-0.3, -0.25) is 4.79 Å². The van der Waals surface area contributed by atoms with Crippen molar-refractivity contribution in [1.29, 1.82) is 0 Å². The van der Waals surface area contributed by atoms with Crippen LogP contribution in [-0.2, 0) is 4.79 Å². The molecule has 0 saturated heterocycles. The van der Waals surface area contributed by atoms with E-state index in [0.29, 0.717) is 6.42 Å². The zero-order valence-electron chi connectivity index (χ0n) is 9.17.